The first-order chi connectivity index (χ1) is 13.1. The van der Waals surface area contributed by atoms with Gasteiger partial charge in [-0.15, -0.1) is 0 Å². The van der Waals surface area contributed by atoms with Gasteiger partial charge in [-0.05, 0) is 42.2 Å². The molecule has 0 aliphatic heterocycles. The number of hydrogen-bond donors (Lipinski definition) is 3. The van der Waals surface area contributed by atoms with Gasteiger partial charge in [0.15, 0.2) is 14.4 Å². The molecule has 0 aromatic heterocycles. The summed E-state index contributed by atoms with van der Waals surface area (Å²) in [4.78, 5) is 23.9. The van der Waals surface area contributed by atoms with Crippen LogP contribution in [0.25, 0.3) is 0 Å². The molecule has 0 heterocycles. The maximum atomic E-state index is 12.6. The summed E-state index contributed by atoms with van der Waals surface area (Å²) in [6, 6.07) is 2.48. The Morgan fingerprint density at radius 3 is 2.10 bits per heavy atom. The highest BCUT2D eigenvalue weighted by atomic mass is 28.4. The zero-order valence-electron chi connectivity index (χ0n) is 17.3. The zero-order valence-corrected chi connectivity index (χ0v) is 18.3. The smallest absolute Gasteiger partial charge is 0.416 e. The molecule has 0 saturated heterocycles. The Hall–Kier alpha value is -1.91. The van der Waals surface area contributed by atoms with E-state index >= 15 is 0 Å². The third-order valence-electron chi connectivity index (χ3n) is 5.14. The second kappa shape index (κ2) is 9.27. The van der Waals surface area contributed by atoms with Gasteiger partial charge in [0.1, 0.15) is 6.04 Å². The number of hydrogen-bond acceptors (Lipinski definition) is 4. The molecule has 4 N–H and O–H groups in total. The molecule has 0 spiro atoms. The van der Waals surface area contributed by atoms with E-state index in [9.17, 15) is 27.9 Å². The van der Waals surface area contributed by atoms with E-state index in [1.165, 1.54) is 0 Å². The molecule has 10 heteroatoms. The molecule has 2 atom stereocenters. The average molecular weight is 435 g/mol. The number of amides is 2. The van der Waals surface area contributed by atoms with Crippen LogP contribution in [0.2, 0.25) is 18.1 Å². The number of primary amides is 1. The van der Waals surface area contributed by atoms with E-state index in [0.29, 0.717) is 0 Å². The minimum atomic E-state index is -4.52. The SMILES string of the molecule is CC(C)(C)[Si](C)(C)OCC[C@H](NC(=O)[C@@H](O)c1ccc(C(F)(F)F)cc1)C(N)=O. The van der Waals surface area contributed by atoms with Crippen LogP contribution in [0.5, 0.6) is 0 Å². The third kappa shape index (κ3) is 7.13. The summed E-state index contributed by atoms with van der Waals surface area (Å²) in [6.07, 6.45) is -6.14. The number of halogens is 3. The van der Waals surface area contributed by atoms with Gasteiger partial charge in [-0.2, -0.15) is 13.2 Å². The second-order valence-electron chi connectivity index (χ2n) is 8.38. The molecule has 1 aromatic carbocycles. The average Bonchev–Trinajstić information content (AvgIpc) is 2.58. The van der Waals surface area contributed by atoms with E-state index in [2.05, 4.69) is 26.1 Å². The van der Waals surface area contributed by atoms with Crippen molar-refractivity contribution in [2.75, 3.05) is 6.61 Å². The zero-order chi connectivity index (χ0) is 22.6. The van der Waals surface area contributed by atoms with Crippen molar-refractivity contribution >= 4 is 20.1 Å². The van der Waals surface area contributed by atoms with Crippen LogP contribution in [0.4, 0.5) is 13.2 Å². The number of rotatable bonds is 8. The highest BCUT2D eigenvalue weighted by Crippen LogP contribution is 2.36. The standard InChI is InChI=1S/C19H29F3N2O4Si/c1-18(2,3)29(4,5)28-11-10-14(16(23)26)24-17(27)15(25)12-6-8-13(9-7-12)19(20,21)22/h6-9,14-15,25H,10-11H2,1-5H3,(H2,23,26)(H,24,27)/t14-,15-/m0/s1. The third-order valence-corrected chi connectivity index (χ3v) is 9.68. The number of carbonyl (C=O) groups excluding carboxylic acids is 2. The molecular weight excluding hydrogens is 405 g/mol. The maximum absolute atomic E-state index is 12.6. The number of carbonyl (C=O) groups is 2. The molecule has 1 rings (SSSR count). The Kier molecular flexibility index (Phi) is 8.03. The molecule has 2 amide bonds. The number of nitrogens with two attached hydrogens (primary N) is 1. The number of benzene rings is 1. The lowest BCUT2D eigenvalue weighted by Crippen LogP contribution is -2.48. The predicted molar refractivity (Wildman–Crippen MR) is 105 cm³/mol. The summed E-state index contributed by atoms with van der Waals surface area (Å²) >= 11 is 0. The first-order valence-corrected chi connectivity index (χ1v) is 12.1. The summed E-state index contributed by atoms with van der Waals surface area (Å²) in [5, 5.41) is 12.4. The molecular formula is C19H29F3N2O4Si. The van der Waals surface area contributed by atoms with Crippen LogP contribution < -0.4 is 11.1 Å². The van der Waals surface area contributed by atoms with Gasteiger partial charge in [-0.1, -0.05) is 32.9 Å². The van der Waals surface area contributed by atoms with Gasteiger partial charge in [0.2, 0.25) is 5.91 Å². The van der Waals surface area contributed by atoms with Crippen LogP contribution in [-0.2, 0) is 20.2 Å². The van der Waals surface area contributed by atoms with Crippen LogP contribution in [0, 0.1) is 0 Å². The lowest BCUT2D eigenvalue weighted by atomic mass is 10.1. The van der Waals surface area contributed by atoms with Gasteiger partial charge < -0.3 is 20.6 Å². The van der Waals surface area contributed by atoms with Gasteiger partial charge in [0.05, 0.1) is 5.56 Å². The fraction of sp³-hybridized carbons (Fsp3) is 0.579. The van der Waals surface area contributed by atoms with Gasteiger partial charge in [0.25, 0.3) is 5.91 Å². The van der Waals surface area contributed by atoms with Crippen molar-refractivity contribution in [1.29, 1.82) is 0 Å². The van der Waals surface area contributed by atoms with Gasteiger partial charge in [-0.3, -0.25) is 9.59 Å². The molecule has 0 aliphatic rings. The summed E-state index contributed by atoms with van der Waals surface area (Å²) in [5.41, 5.74) is 4.39. The van der Waals surface area contributed by atoms with Crippen molar-refractivity contribution in [2.24, 2.45) is 5.73 Å². The predicted octanol–water partition coefficient (Wildman–Crippen LogP) is 3.12. The van der Waals surface area contributed by atoms with E-state index in [0.717, 1.165) is 24.3 Å². The normalized spacial score (nSPS) is 14.9. The van der Waals surface area contributed by atoms with Crippen LogP contribution in [0.1, 0.15) is 44.4 Å². The molecule has 0 fully saturated rings. The number of aliphatic hydroxyl groups excluding tert-OH is 1. The maximum Gasteiger partial charge on any atom is 0.416 e. The topological polar surface area (TPSA) is 102 Å². The molecule has 0 aliphatic carbocycles. The first kappa shape index (κ1) is 25.1. The highest BCUT2D eigenvalue weighted by Gasteiger charge is 2.37. The summed E-state index contributed by atoms with van der Waals surface area (Å²) in [5.74, 6) is -1.72. The summed E-state index contributed by atoms with van der Waals surface area (Å²) in [7, 11) is -2.05. The monoisotopic (exact) mass is 434 g/mol. The molecule has 29 heavy (non-hydrogen) atoms. The molecule has 6 nitrogen and oxygen atoms in total. The molecule has 0 unspecified atom stereocenters. The van der Waals surface area contributed by atoms with Crippen LogP contribution in [-0.4, -0.2) is 37.9 Å². The quantitative estimate of drug-likeness (QED) is 0.547. The first-order valence-electron chi connectivity index (χ1n) is 9.15. The van der Waals surface area contributed by atoms with Crippen LogP contribution in [0.3, 0.4) is 0 Å². The number of alkyl halides is 3. The Bertz CT molecular complexity index is 716. The molecule has 164 valence electrons. The van der Waals surface area contributed by atoms with E-state index in [1.54, 1.807) is 0 Å². The molecule has 0 saturated carbocycles. The Morgan fingerprint density at radius 1 is 1.17 bits per heavy atom. The minimum Gasteiger partial charge on any atom is -0.417 e. The Balaban J connectivity index is 2.73. The van der Waals surface area contributed by atoms with E-state index < -0.39 is 44.0 Å². The lowest BCUT2D eigenvalue weighted by Gasteiger charge is -2.36. The second-order valence-corrected chi connectivity index (χ2v) is 13.2. The van der Waals surface area contributed by atoms with Crippen molar-refractivity contribution in [3.8, 4) is 0 Å². The fourth-order valence-electron chi connectivity index (χ4n) is 2.19. The van der Waals surface area contributed by atoms with Gasteiger partial charge >= 0.3 is 6.18 Å². The number of aliphatic hydroxyl groups is 1. The van der Waals surface area contributed by atoms with Gasteiger partial charge in [-0.25, -0.2) is 0 Å². The van der Waals surface area contributed by atoms with Crippen LogP contribution >= 0.6 is 0 Å². The highest BCUT2D eigenvalue weighted by molar-refractivity contribution is 6.74. The summed E-state index contributed by atoms with van der Waals surface area (Å²) < 4.78 is 43.8. The van der Waals surface area contributed by atoms with E-state index in [-0.39, 0.29) is 23.6 Å². The van der Waals surface area contributed by atoms with Crippen LogP contribution in [0.15, 0.2) is 24.3 Å². The minimum absolute atomic E-state index is 0.0305. The van der Waals surface area contributed by atoms with E-state index in [4.69, 9.17) is 10.2 Å². The lowest BCUT2D eigenvalue weighted by molar-refractivity contribution is -0.137. The van der Waals surface area contributed by atoms with Gasteiger partial charge in [0, 0.05) is 6.61 Å². The van der Waals surface area contributed by atoms with Crippen molar-refractivity contribution < 1.29 is 32.3 Å². The molecule has 0 radical (unpaired) electrons. The fourth-order valence-corrected chi connectivity index (χ4v) is 3.25. The Labute approximate surface area is 169 Å². The van der Waals surface area contributed by atoms with Crippen molar-refractivity contribution in [1.82, 2.24) is 5.32 Å². The number of nitrogens with one attached hydrogen (secondary N) is 1. The Morgan fingerprint density at radius 2 is 1.69 bits per heavy atom. The molecule has 1 aromatic rings. The van der Waals surface area contributed by atoms with Crippen molar-refractivity contribution in [3.63, 3.8) is 0 Å². The van der Waals surface area contributed by atoms with E-state index in [1.807, 2.05) is 13.1 Å². The van der Waals surface area contributed by atoms with Crippen molar-refractivity contribution in [2.45, 2.75) is 63.6 Å². The molecule has 0 bridgehead atoms. The van der Waals surface area contributed by atoms with Crippen molar-refractivity contribution in [3.05, 3.63) is 35.4 Å². The largest absolute Gasteiger partial charge is 0.417 e. The summed E-state index contributed by atoms with van der Waals surface area (Å²) in [6.45, 7) is 10.5.